The van der Waals surface area contributed by atoms with Gasteiger partial charge in [0, 0.05) is 23.2 Å². The second-order valence-corrected chi connectivity index (χ2v) is 5.89. The van der Waals surface area contributed by atoms with Crippen molar-refractivity contribution in [2.45, 2.75) is 33.2 Å². The summed E-state index contributed by atoms with van der Waals surface area (Å²) in [5.74, 6) is 0.850. The summed E-state index contributed by atoms with van der Waals surface area (Å²) in [5.41, 5.74) is 2.17. The molecule has 0 spiro atoms. The Morgan fingerprint density at radius 1 is 1.23 bits per heavy atom. The van der Waals surface area contributed by atoms with Crippen LogP contribution in [0.3, 0.4) is 0 Å². The number of amides is 1. The predicted molar refractivity (Wildman–Crippen MR) is 96.5 cm³/mol. The number of hydrogen-bond acceptors (Lipinski definition) is 5. The number of nitrogens with one attached hydrogen (secondary N) is 2. The molecule has 1 amide bonds. The number of aryl methyl sites for hydroxylation is 2. The summed E-state index contributed by atoms with van der Waals surface area (Å²) in [6, 6.07) is 9.52. The Kier molecular flexibility index (Phi) is 5.26. The van der Waals surface area contributed by atoms with Crippen LogP contribution in [0.25, 0.3) is 11.5 Å². The van der Waals surface area contributed by atoms with E-state index in [1.54, 1.807) is 6.92 Å². The number of rotatable bonds is 6. The maximum Gasteiger partial charge on any atom is 0.254 e. The Labute approximate surface area is 150 Å². The summed E-state index contributed by atoms with van der Waals surface area (Å²) in [5, 5.41) is 2.75. The van der Waals surface area contributed by atoms with Crippen LogP contribution in [0.2, 0.25) is 0 Å². The number of aromatic nitrogens is 3. The van der Waals surface area contributed by atoms with Gasteiger partial charge >= 0.3 is 0 Å². The van der Waals surface area contributed by atoms with Gasteiger partial charge in [-0.05, 0) is 19.1 Å². The van der Waals surface area contributed by atoms with Crippen LogP contribution in [-0.2, 0) is 24.2 Å². The van der Waals surface area contributed by atoms with Crippen LogP contribution in [0.15, 0.2) is 45.8 Å². The lowest BCUT2D eigenvalue weighted by molar-refractivity contribution is -0.120. The molecular formula is C19H20N4O3. The van der Waals surface area contributed by atoms with Crippen molar-refractivity contribution in [3.05, 3.63) is 69.7 Å². The van der Waals surface area contributed by atoms with Gasteiger partial charge in [-0.2, -0.15) is 0 Å². The molecule has 1 aromatic carbocycles. The maximum atomic E-state index is 12.2. The van der Waals surface area contributed by atoms with Crippen LogP contribution in [0.4, 0.5) is 0 Å². The standard InChI is InChI=1S/C19H20N4O3/c1-3-16-21-12(2)15(18(25)23-16)9-17(24)20-10-14-11-26-19(22-14)13-7-5-4-6-8-13/h4-8,11H,3,9-10H2,1-2H3,(H,20,24)(H,21,23,25). The van der Waals surface area contributed by atoms with Gasteiger partial charge in [0.2, 0.25) is 11.8 Å². The molecule has 0 aliphatic heterocycles. The van der Waals surface area contributed by atoms with Gasteiger partial charge in [0.25, 0.3) is 5.56 Å². The third kappa shape index (κ3) is 4.05. The third-order valence-corrected chi connectivity index (χ3v) is 3.98. The van der Waals surface area contributed by atoms with Crippen LogP contribution < -0.4 is 10.9 Å². The molecule has 0 atom stereocenters. The lowest BCUT2D eigenvalue weighted by atomic mass is 10.1. The zero-order valence-corrected chi connectivity index (χ0v) is 14.7. The highest BCUT2D eigenvalue weighted by Gasteiger charge is 2.13. The SMILES string of the molecule is CCc1nc(C)c(CC(=O)NCc2coc(-c3ccccc3)n2)c(=O)[nH]1. The van der Waals surface area contributed by atoms with E-state index in [2.05, 4.69) is 20.3 Å². The van der Waals surface area contributed by atoms with E-state index in [-0.39, 0.29) is 24.4 Å². The number of H-pyrrole nitrogens is 1. The fourth-order valence-corrected chi connectivity index (χ4v) is 2.56. The number of benzene rings is 1. The Morgan fingerprint density at radius 2 is 2.00 bits per heavy atom. The molecule has 3 rings (SSSR count). The van der Waals surface area contributed by atoms with Crippen molar-refractivity contribution in [3.8, 4) is 11.5 Å². The molecule has 0 aliphatic carbocycles. The Hall–Kier alpha value is -3.22. The lowest BCUT2D eigenvalue weighted by Gasteiger charge is -2.06. The van der Waals surface area contributed by atoms with Gasteiger partial charge in [0.15, 0.2) is 0 Å². The number of hydrogen-bond donors (Lipinski definition) is 2. The molecule has 0 fully saturated rings. The van der Waals surface area contributed by atoms with Gasteiger partial charge in [0.1, 0.15) is 12.1 Å². The van der Waals surface area contributed by atoms with Crippen LogP contribution >= 0.6 is 0 Å². The van der Waals surface area contributed by atoms with Gasteiger partial charge < -0.3 is 14.7 Å². The van der Waals surface area contributed by atoms with Crippen molar-refractivity contribution < 1.29 is 9.21 Å². The lowest BCUT2D eigenvalue weighted by Crippen LogP contribution is -2.29. The zero-order valence-electron chi connectivity index (χ0n) is 14.7. The fraction of sp³-hybridized carbons (Fsp3) is 0.263. The molecule has 7 heteroatoms. The summed E-state index contributed by atoms with van der Waals surface area (Å²) >= 11 is 0. The molecule has 0 saturated heterocycles. The first-order valence-electron chi connectivity index (χ1n) is 8.42. The number of carbonyl (C=O) groups excluding carboxylic acids is 1. The van der Waals surface area contributed by atoms with E-state index < -0.39 is 0 Å². The molecule has 0 aliphatic rings. The van der Waals surface area contributed by atoms with Crippen molar-refractivity contribution in [3.63, 3.8) is 0 Å². The molecule has 134 valence electrons. The molecule has 3 aromatic rings. The summed E-state index contributed by atoms with van der Waals surface area (Å²) in [6.07, 6.45) is 2.12. The van der Waals surface area contributed by atoms with E-state index in [0.717, 1.165) is 5.56 Å². The maximum absolute atomic E-state index is 12.2. The molecule has 0 unspecified atom stereocenters. The Balaban J connectivity index is 1.62. The molecule has 0 saturated carbocycles. The Bertz CT molecular complexity index is 960. The van der Waals surface area contributed by atoms with Crippen molar-refractivity contribution in [1.29, 1.82) is 0 Å². The normalized spacial score (nSPS) is 10.7. The van der Waals surface area contributed by atoms with Crippen LogP contribution in [0.1, 0.15) is 29.7 Å². The molecule has 0 bridgehead atoms. The first-order chi connectivity index (χ1) is 12.6. The van der Waals surface area contributed by atoms with Crippen molar-refractivity contribution in [2.75, 3.05) is 0 Å². The minimum atomic E-state index is -0.270. The number of aromatic amines is 1. The first kappa shape index (κ1) is 17.6. The zero-order chi connectivity index (χ0) is 18.5. The van der Waals surface area contributed by atoms with E-state index in [9.17, 15) is 9.59 Å². The third-order valence-electron chi connectivity index (χ3n) is 3.98. The van der Waals surface area contributed by atoms with Gasteiger partial charge in [0.05, 0.1) is 18.7 Å². The van der Waals surface area contributed by atoms with E-state index in [1.165, 1.54) is 6.26 Å². The van der Waals surface area contributed by atoms with Gasteiger partial charge in [-0.15, -0.1) is 0 Å². The molecule has 7 nitrogen and oxygen atoms in total. The highest BCUT2D eigenvalue weighted by atomic mass is 16.3. The first-order valence-corrected chi connectivity index (χ1v) is 8.42. The molecule has 2 aromatic heterocycles. The monoisotopic (exact) mass is 352 g/mol. The number of carbonyl (C=O) groups is 1. The predicted octanol–water partition coefficient (Wildman–Crippen LogP) is 2.15. The van der Waals surface area contributed by atoms with Crippen molar-refractivity contribution >= 4 is 5.91 Å². The largest absolute Gasteiger partial charge is 0.444 e. The Morgan fingerprint density at radius 3 is 2.69 bits per heavy atom. The van der Waals surface area contributed by atoms with E-state index in [1.807, 2.05) is 37.3 Å². The second kappa shape index (κ2) is 7.77. The fourth-order valence-electron chi connectivity index (χ4n) is 2.56. The van der Waals surface area contributed by atoms with Gasteiger partial charge in [-0.3, -0.25) is 9.59 Å². The minimum absolute atomic E-state index is 0.0262. The second-order valence-electron chi connectivity index (χ2n) is 5.89. The summed E-state index contributed by atoms with van der Waals surface area (Å²) in [6.45, 7) is 3.87. The molecule has 2 heterocycles. The van der Waals surface area contributed by atoms with Crippen LogP contribution in [-0.4, -0.2) is 20.9 Å². The average Bonchev–Trinajstić information content (AvgIpc) is 3.12. The minimum Gasteiger partial charge on any atom is -0.444 e. The topological polar surface area (TPSA) is 101 Å². The van der Waals surface area contributed by atoms with Crippen molar-refractivity contribution in [2.24, 2.45) is 0 Å². The van der Waals surface area contributed by atoms with E-state index >= 15 is 0 Å². The van der Waals surface area contributed by atoms with E-state index in [0.29, 0.717) is 35.1 Å². The van der Waals surface area contributed by atoms with Crippen LogP contribution in [0, 0.1) is 6.92 Å². The smallest absolute Gasteiger partial charge is 0.254 e. The highest BCUT2D eigenvalue weighted by molar-refractivity contribution is 5.78. The number of nitrogens with zero attached hydrogens (tertiary/aromatic N) is 2. The average molecular weight is 352 g/mol. The van der Waals surface area contributed by atoms with Crippen molar-refractivity contribution in [1.82, 2.24) is 20.3 Å². The van der Waals surface area contributed by atoms with Crippen LogP contribution in [0.5, 0.6) is 0 Å². The number of oxazole rings is 1. The summed E-state index contributed by atoms with van der Waals surface area (Å²) in [4.78, 5) is 35.6. The highest BCUT2D eigenvalue weighted by Crippen LogP contribution is 2.17. The summed E-state index contributed by atoms with van der Waals surface area (Å²) in [7, 11) is 0. The molecule has 0 radical (unpaired) electrons. The van der Waals surface area contributed by atoms with Gasteiger partial charge in [-0.1, -0.05) is 25.1 Å². The quantitative estimate of drug-likeness (QED) is 0.708. The van der Waals surface area contributed by atoms with E-state index in [4.69, 9.17) is 4.42 Å². The van der Waals surface area contributed by atoms with Gasteiger partial charge in [-0.25, -0.2) is 9.97 Å². The molecule has 2 N–H and O–H groups in total. The molecule has 26 heavy (non-hydrogen) atoms. The molecular weight excluding hydrogens is 332 g/mol. The summed E-state index contributed by atoms with van der Waals surface area (Å²) < 4.78 is 5.44.